The maximum atomic E-state index is 13.6. The standard InChI is InChI=1S/C24H30FN3O4/c1-16(29)2-9-21(30)27-12-10-19(11-13-27)24(14-17-5-7-20(25)8-6-17)22(31)28(23(32)26-24)15-18-3-4-18/h5-8,18-19H,2-4,9-15H2,1H3,(H,26,32)/t24-/m0/s1. The third-order valence-electron chi connectivity index (χ3n) is 6.97. The number of likely N-dealkylation sites (tertiary alicyclic amines) is 1. The molecule has 1 aliphatic carbocycles. The van der Waals surface area contributed by atoms with Gasteiger partial charge in [0.15, 0.2) is 0 Å². The Balaban J connectivity index is 1.52. The number of hydrogen-bond acceptors (Lipinski definition) is 4. The molecule has 8 heteroatoms. The van der Waals surface area contributed by atoms with Crippen LogP contribution in [0, 0.1) is 17.7 Å². The van der Waals surface area contributed by atoms with Crippen LogP contribution in [0.25, 0.3) is 0 Å². The predicted molar refractivity (Wildman–Crippen MR) is 115 cm³/mol. The van der Waals surface area contributed by atoms with Gasteiger partial charge in [-0.2, -0.15) is 0 Å². The topological polar surface area (TPSA) is 86.8 Å². The number of piperidine rings is 1. The molecular weight excluding hydrogens is 413 g/mol. The first kappa shape index (κ1) is 22.4. The van der Waals surface area contributed by atoms with Crippen LogP contribution < -0.4 is 5.32 Å². The monoisotopic (exact) mass is 443 g/mol. The van der Waals surface area contributed by atoms with E-state index in [9.17, 15) is 23.6 Å². The van der Waals surface area contributed by atoms with Gasteiger partial charge in [-0.15, -0.1) is 0 Å². The number of hydrogen-bond donors (Lipinski definition) is 1. The van der Waals surface area contributed by atoms with Gasteiger partial charge < -0.3 is 15.0 Å². The number of Topliss-reactive ketones (excluding diaryl/α,β-unsaturated/α-hetero) is 1. The molecule has 4 rings (SSSR count). The molecule has 1 atom stereocenters. The number of nitrogens with one attached hydrogen (secondary N) is 1. The minimum Gasteiger partial charge on any atom is -0.343 e. The van der Waals surface area contributed by atoms with Crippen molar-refractivity contribution in [1.29, 1.82) is 0 Å². The van der Waals surface area contributed by atoms with Crippen LogP contribution >= 0.6 is 0 Å². The van der Waals surface area contributed by atoms with Crippen molar-refractivity contribution in [2.24, 2.45) is 11.8 Å². The van der Waals surface area contributed by atoms with E-state index in [4.69, 9.17) is 0 Å². The van der Waals surface area contributed by atoms with Crippen LogP contribution in [-0.4, -0.2) is 58.6 Å². The molecule has 7 nitrogen and oxygen atoms in total. The second-order valence-corrected chi connectivity index (χ2v) is 9.42. The van der Waals surface area contributed by atoms with Crippen molar-refractivity contribution < 1.29 is 23.6 Å². The Morgan fingerprint density at radius 1 is 1.06 bits per heavy atom. The Labute approximate surface area is 187 Å². The van der Waals surface area contributed by atoms with Crippen molar-refractivity contribution in [3.8, 4) is 0 Å². The molecule has 0 unspecified atom stereocenters. The molecule has 0 bridgehead atoms. The van der Waals surface area contributed by atoms with Crippen molar-refractivity contribution in [1.82, 2.24) is 15.1 Å². The summed E-state index contributed by atoms with van der Waals surface area (Å²) < 4.78 is 13.4. The summed E-state index contributed by atoms with van der Waals surface area (Å²) in [5.74, 6) is -0.376. The highest BCUT2D eigenvalue weighted by molar-refractivity contribution is 6.07. The lowest BCUT2D eigenvalue weighted by molar-refractivity contribution is -0.137. The van der Waals surface area contributed by atoms with Gasteiger partial charge >= 0.3 is 6.03 Å². The molecule has 1 N–H and O–H groups in total. The molecule has 1 aromatic carbocycles. The van der Waals surface area contributed by atoms with Crippen molar-refractivity contribution in [3.63, 3.8) is 0 Å². The Morgan fingerprint density at radius 2 is 1.72 bits per heavy atom. The maximum absolute atomic E-state index is 13.6. The molecule has 2 aliphatic heterocycles. The van der Waals surface area contributed by atoms with Crippen LogP contribution in [0.5, 0.6) is 0 Å². The number of carbonyl (C=O) groups excluding carboxylic acids is 4. The lowest BCUT2D eigenvalue weighted by Crippen LogP contribution is -2.58. The second-order valence-electron chi connectivity index (χ2n) is 9.42. The summed E-state index contributed by atoms with van der Waals surface area (Å²) in [6.07, 6.45) is 3.95. The zero-order chi connectivity index (χ0) is 22.9. The fourth-order valence-corrected chi connectivity index (χ4v) is 4.90. The fraction of sp³-hybridized carbons (Fsp3) is 0.583. The Hall–Kier alpha value is -2.77. The summed E-state index contributed by atoms with van der Waals surface area (Å²) in [4.78, 5) is 53.1. The van der Waals surface area contributed by atoms with Crippen LogP contribution in [0.4, 0.5) is 9.18 Å². The molecule has 4 amide bonds. The van der Waals surface area contributed by atoms with E-state index < -0.39 is 5.54 Å². The van der Waals surface area contributed by atoms with Crippen LogP contribution in [0.3, 0.4) is 0 Å². The van der Waals surface area contributed by atoms with Gasteiger partial charge in [0.1, 0.15) is 17.1 Å². The number of halogens is 1. The molecule has 2 saturated heterocycles. The third-order valence-corrected chi connectivity index (χ3v) is 6.97. The number of carbonyl (C=O) groups is 4. The lowest BCUT2D eigenvalue weighted by atomic mass is 9.74. The van der Waals surface area contributed by atoms with E-state index in [1.165, 1.54) is 24.0 Å². The average Bonchev–Trinajstić information content (AvgIpc) is 3.57. The highest BCUT2D eigenvalue weighted by Crippen LogP contribution is 2.39. The van der Waals surface area contributed by atoms with E-state index in [0.29, 0.717) is 44.8 Å². The van der Waals surface area contributed by atoms with Gasteiger partial charge in [-0.3, -0.25) is 14.5 Å². The van der Waals surface area contributed by atoms with E-state index in [1.807, 2.05) is 0 Å². The molecule has 1 saturated carbocycles. The lowest BCUT2D eigenvalue weighted by Gasteiger charge is -2.41. The largest absolute Gasteiger partial charge is 0.343 e. The predicted octanol–water partition coefficient (Wildman–Crippen LogP) is 2.68. The van der Waals surface area contributed by atoms with E-state index in [0.717, 1.165) is 18.4 Å². The van der Waals surface area contributed by atoms with Gasteiger partial charge in [-0.05, 0) is 62.1 Å². The maximum Gasteiger partial charge on any atom is 0.325 e. The number of nitrogens with zero attached hydrogens (tertiary/aromatic N) is 2. The highest BCUT2D eigenvalue weighted by Gasteiger charge is 2.56. The molecule has 1 aromatic rings. The van der Waals surface area contributed by atoms with E-state index in [1.54, 1.807) is 17.0 Å². The quantitative estimate of drug-likeness (QED) is 0.626. The van der Waals surface area contributed by atoms with Crippen LogP contribution in [0.1, 0.15) is 51.0 Å². The second kappa shape index (κ2) is 9.00. The Kier molecular flexibility index (Phi) is 6.31. The first-order chi connectivity index (χ1) is 15.3. The summed E-state index contributed by atoms with van der Waals surface area (Å²) in [6, 6.07) is 5.68. The van der Waals surface area contributed by atoms with E-state index >= 15 is 0 Å². The number of rotatable bonds is 8. The first-order valence-electron chi connectivity index (χ1n) is 11.4. The number of benzene rings is 1. The van der Waals surface area contributed by atoms with Gasteiger partial charge in [-0.1, -0.05) is 12.1 Å². The normalized spacial score (nSPS) is 24.1. The average molecular weight is 444 g/mol. The van der Waals surface area contributed by atoms with Gasteiger partial charge in [0.05, 0.1) is 0 Å². The first-order valence-corrected chi connectivity index (χ1v) is 11.4. The molecule has 0 radical (unpaired) electrons. The molecular formula is C24H30FN3O4. The van der Waals surface area contributed by atoms with Crippen LogP contribution in [0.2, 0.25) is 0 Å². The molecule has 3 aliphatic rings. The van der Waals surface area contributed by atoms with Gasteiger partial charge in [0.25, 0.3) is 5.91 Å². The van der Waals surface area contributed by atoms with Crippen LogP contribution in [0.15, 0.2) is 24.3 Å². The molecule has 0 spiro atoms. The van der Waals surface area contributed by atoms with Crippen LogP contribution in [-0.2, 0) is 20.8 Å². The molecule has 2 heterocycles. The van der Waals surface area contributed by atoms with E-state index in [-0.39, 0.29) is 48.2 Å². The van der Waals surface area contributed by atoms with Gasteiger partial charge in [0, 0.05) is 38.9 Å². The number of imide groups is 1. The number of ketones is 1. The number of amides is 4. The van der Waals surface area contributed by atoms with Crippen molar-refractivity contribution in [2.75, 3.05) is 19.6 Å². The molecule has 0 aromatic heterocycles. The van der Waals surface area contributed by atoms with Crippen molar-refractivity contribution in [3.05, 3.63) is 35.6 Å². The summed E-state index contributed by atoms with van der Waals surface area (Å²) >= 11 is 0. The summed E-state index contributed by atoms with van der Waals surface area (Å²) in [6.45, 7) is 2.88. The molecule has 32 heavy (non-hydrogen) atoms. The minimum absolute atomic E-state index is 0.0125. The van der Waals surface area contributed by atoms with E-state index in [2.05, 4.69) is 5.32 Å². The SMILES string of the molecule is CC(=O)CCC(=O)N1CCC([C@]2(Cc3ccc(F)cc3)NC(=O)N(CC3CC3)C2=O)CC1. The summed E-state index contributed by atoms with van der Waals surface area (Å²) in [7, 11) is 0. The molecule has 172 valence electrons. The fourth-order valence-electron chi connectivity index (χ4n) is 4.90. The summed E-state index contributed by atoms with van der Waals surface area (Å²) in [5.41, 5.74) is -0.300. The van der Waals surface area contributed by atoms with Crippen molar-refractivity contribution >= 4 is 23.6 Å². The Morgan fingerprint density at radius 3 is 2.31 bits per heavy atom. The highest BCUT2D eigenvalue weighted by atomic mass is 19.1. The van der Waals surface area contributed by atoms with Crippen molar-refractivity contribution in [2.45, 2.75) is 57.4 Å². The van der Waals surface area contributed by atoms with Gasteiger partial charge in [-0.25, -0.2) is 9.18 Å². The zero-order valence-electron chi connectivity index (χ0n) is 18.4. The minimum atomic E-state index is -1.08. The zero-order valence-corrected chi connectivity index (χ0v) is 18.4. The molecule has 3 fully saturated rings. The van der Waals surface area contributed by atoms with Gasteiger partial charge in [0.2, 0.25) is 5.91 Å². The Bertz CT molecular complexity index is 906. The third kappa shape index (κ3) is 4.69. The smallest absolute Gasteiger partial charge is 0.325 e. The summed E-state index contributed by atoms with van der Waals surface area (Å²) in [5, 5.41) is 3.01. The number of urea groups is 1.